The van der Waals surface area contributed by atoms with Crippen LogP contribution < -0.4 is 4.72 Å². The molecule has 0 atom stereocenters. The third-order valence-corrected chi connectivity index (χ3v) is 4.98. The van der Waals surface area contributed by atoms with E-state index in [1.54, 1.807) is 18.2 Å². The normalized spacial score (nSPS) is 11.2. The van der Waals surface area contributed by atoms with Gasteiger partial charge >= 0.3 is 0 Å². The van der Waals surface area contributed by atoms with Gasteiger partial charge in [-0.1, -0.05) is 22.5 Å². The SMILES string of the molecule is C=COCCCNS(=O)(=O)c1cc(Br)ccc1Br. The molecule has 0 radical (unpaired) electrons. The van der Waals surface area contributed by atoms with E-state index in [0.29, 0.717) is 28.5 Å². The van der Waals surface area contributed by atoms with Gasteiger partial charge in [-0.3, -0.25) is 0 Å². The van der Waals surface area contributed by atoms with E-state index in [0.717, 1.165) is 0 Å². The zero-order chi connectivity index (χ0) is 13.6. The summed E-state index contributed by atoms with van der Waals surface area (Å²) in [6, 6.07) is 4.99. The van der Waals surface area contributed by atoms with Crippen molar-refractivity contribution in [3.05, 3.63) is 40.0 Å². The van der Waals surface area contributed by atoms with Crippen molar-refractivity contribution < 1.29 is 13.2 Å². The highest BCUT2D eigenvalue weighted by Crippen LogP contribution is 2.25. The summed E-state index contributed by atoms with van der Waals surface area (Å²) in [6.45, 7) is 4.15. The van der Waals surface area contributed by atoms with E-state index in [-0.39, 0.29) is 4.90 Å². The van der Waals surface area contributed by atoms with Gasteiger partial charge in [0, 0.05) is 15.5 Å². The number of hydrogen-bond donors (Lipinski definition) is 1. The fraction of sp³-hybridized carbons (Fsp3) is 0.273. The Labute approximate surface area is 124 Å². The van der Waals surface area contributed by atoms with Gasteiger partial charge in [0.05, 0.1) is 17.8 Å². The van der Waals surface area contributed by atoms with E-state index in [9.17, 15) is 8.42 Å². The maximum atomic E-state index is 12.0. The monoisotopic (exact) mass is 397 g/mol. The highest BCUT2D eigenvalue weighted by molar-refractivity contribution is 9.11. The fourth-order valence-corrected chi connectivity index (χ4v) is 3.78. The largest absolute Gasteiger partial charge is 0.502 e. The molecule has 0 bridgehead atoms. The number of sulfonamides is 1. The van der Waals surface area contributed by atoms with Crippen LogP contribution in [0.1, 0.15) is 6.42 Å². The van der Waals surface area contributed by atoms with Crippen molar-refractivity contribution in [3.63, 3.8) is 0 Å². The van der Waals surface area contributed by atoms with E-state index in [4.69, 9.17) is 4.74 Å². The van der Waals surface area contributed by atoms with Gasteiger partial charge in [0.1, 0.15) is 0 Å². The first-order valence-corrected chi connectivity index (χ1v) is 8.21. The Kier molecular flexibility index (Phi) is 6.34. The fourth-order valence-electron chi connectivity index (χ4n) is 1.21. The Bertz CT molecular complexity index is 517. The third kappa shape index (κ3) is 4.72. The van der Waals surface area contributed by atoms with Gasteiger partial charge in [-0.15, -0.1) is 0 Å². The molecule has 0 aliphatic rings. The molecule has 0 aliphatic heterocycles. The van der Waals surface area contributed by atoms with Crippen LogP contribution in [0.4, 0.5) is 0 Å². The molecule has 18 heavy (non-hydrogen) atoms. The molecule has 1 N–H and O–H groups in total. The van der Waals surface area contributed by atoms with Crippen molar-refractivity contribution in [2.45, 2.75) is 11.3 Å². The van der Waals surface area contributed by atoms with Gasteiger partial charge in [0.25, 0.3) is 0 Å². The number of benzene rings is 1. The first kappa shape index (κ1) is 15.7. The van der Waals surface area contributed by atoms with Crippen LogP contribution >= 0.6 is 31.9 Å². The lowest BCUT2D eigenvalue weighted by Gasteiger charge is -2.08. The first-order valence-electron chi connectivity index (χ1n) is 5.14. The molecule has 0 saturated carbocycles. The lowest BCUT2D eigenvalue weighted by atomic mass is 10.4. The predicted molar refractivity (Wildman–Crippen MR) is 77.8 cm³/mol. The lowest BCUT2D eigenvalue weighted by molar-refractivity contribution is 0.247. The number of hydrogen-bond acceptors (Lipinski definition) is 3. The second-order valence-electron chi connectivity index (χ2n) is 3.36. The molecule has 0 unspecified atom stereocenters. The number of ether oxygens (including phenoxy) is 1. The third-order valence-electron chi connectivity index (χ3n) is 2.03. The molecule has 0 heterocycles. The molecule has 0 saturated heterocycles. The van der Waals surface area contributed by atoms with E-state index < -0.39 is 10.0 Å². The highest BCUT2D eigenvalue weighted by atomic mass is 79.9. The molecule has 0 amide bonds. The van der Waals surface area contributed by atoms with Crippen molar-refractivity contribution in [1.29, 1.82) is 0 Å². The summed E-state index contributed by atoms with van der Waals surface area (Å²) in [7, 11) is -3.51. The summed E-state index contributed by atoms with van der Waals surface area (Å²) in [4.78, 5) is 0.210. The Morgan fingerprint density at radius 1 is 1.39 bits per heavy atom. The van der Waals surface area contributed by atoms with E-state index in [1.165, 1.54) is 6.26 Å². The van der Waals surface area contributed by atoms with Crippen molar-refractivity contribution in [1.82, 2.24) is 4.72 Å². The molecule has 1 rings (SSSR count). The highest BCUT2D eigenvalue weighted by Gasteiger charge is 2.17. The molecule has 1 aromatic carbocycles. The van der Waals surface area contributed by atoms with E-state index in [2.05, 4.69) is 43.2 Å². The maximum absolute atomic E-state index is 12.0. The topological polar surface area (TPSA) is 55.4 Å². The molecular formula is C11H13Br2NO3S. The average Bonchev–Trinajstić information content (AvgIpc) is 2.32. The van der Waals surface area contributed by atoms with Crippen molar-refractivity contribution in [2.75, 3.05) is 13.2 Å². The quantitative estimate of drug-likeness (QED) is 0.567. The average molecular weight is 399 g/mol. The van der Waals surface area contributed by atoms with Gasteiger partial charge in [-0.2, -0.15) is 0 Å². The first-order chi connectivity index (χ1) is 8.47. The summed E-state index contributed by atoms with van der Waals surface area (Å²) in [5.41, 5.74) is 0. The summed E-state index contributed by atoms with van der Waals surface area (Å²) >= 11 is 6.47. The van der Waals surface area contributed by atoms with E-state index in [1.807, 2.05) is 0 Å². The zero-order valence-corrected chi connectivity index (χ0v) is 13.5. The van der Waals surface area contributed by atoms with Crippen LogP contribution in [0.3, 0.4) is 0 Å². The van der Waals surface area contributed by atoms with Crippen molar-refractivity contribution in [2.24, 2.45) is 0 Å². The maximum Gasteiger partial charge on any atom is 0.241 e. The minimum Gasteiger partial charge on any atom is -0.502 e. The molecule has 0 aliphatic carbocycles. The van der Waals surface area contributed by atoms with Crippen LogP contribution in [-0.4, -0.2) is 21.6 Å². The molecular weight excluding hydrogens is 386 g/mol. The van der Waals surface area contributed by atoms with Crippen molar-refractivity contribution >= 4 is 41.9 Å². The van der Waals surface area contributed by atoms with Gasteiger partial charge in [-0.25, -0.2) is 13.1 Å². The zero-order valence-electron chi connectivity index (χ0n) is 9.53. The van der Waals surface area contributed by atoms with Crippen LogP contribution in [0.5, 0.6) is 0 Å². The van der Waals surface area contributed by atoms with Crippen LogP contribution in [0, 0.1) is 0 Å². The van der Waals surface area contributed by atoms with Crippen LogP contribution in [-0.2, 0) is 14.8 Å². The summed E-state index contributed by atoms with van der Waals surface area (Å²) < 4.78 is 32.7. The Morgan fingerprint density at radius 2 is 2.11 bits per heavy atom. The summed E-state index contributed by atoms with van der Waals surface area (Å²) in [6.07, 6.45) is 1.91. The lowest BCUT2D eigenvalue weighted by Crippen LogP contribution is -2.25. The molecule has 0 spiro atoms. The molecule has 0 aromatic heterocycles. The van der Waals surface area contributed by atoms with Crippen LogP contribution in [0.15, 0.2) is 44.9 Å². The Morgan fingerprint density at radius 3 is 2.78 bits per heavy atom. The second kappa shape index (κ2) is 7.28. The molecule has 7 heteroatoms. The smallest absolute Gasteiger partial charge is 0.241 e. The minimum absolute atomic E-state index is 0.210. The van der Waals surface area contributed by atoms with Gasteiger partial charge in [0.2, 0.25) is 10.0 Å². The van der Waals surface area contributed by atoms with Crippen LogP contribution in [0.25, 0.3) is 0 Å². The molecule has 4 nitrogen and oxygen atoms in total. The Hall–Kier alpha value is -0.370. The van der Waals surface area contributed by atoms with Crippen molar-refractivity contribution in [3.8, 4) is 0 Å². The standard InChI is InChI=1S/C11H13Br2NO3S/c1-2-17-7-3-6-14-18(15,16)11-8-9(12)4-5-10(11)13/h2,4-5,8,14H,1,3,6-7H2. The minimum atomic E-state index is -3.51. The summed E-state index contributed by atoms with van der Waals surface area (Å²) in [5, 5.41) is 0. The van der Waals surface area contributed by atoms with E-state index >= 15 is 0 Å². The molecule has 0 fully saturated rings. The summed E-state index contributed by atoms with van der Waals surface area (Å²) in [5.74, 6) is 0. The molecule has 100 valence electrons. The van der Waals surface area contributed by atoms with Crippen LogP contribution in [0.2, 0.25) is 0 Å². The number of rotatable bonds is 7. The Balaban J connectivity index is 2.68. The number of halogens is 2. The second-order valence-corrected chi connectivity index (χ2v) is 6.87. The van der Waals surface area contributed by atoms with Gasteiger partial charge in [-0.05, 0) is 40.5 Å². The molecule has 1 aromatic rings. The van der Waals surface area contributed by atoms with Gasteiger partial charge < -0.3 is 4.74 Å². The number of nitrogens with one attached hydrogen (secondary N) is 1. The van der Waals surface area contributed by atoms with Gasteiger partial charge in [0.15, 0.2) is 0 Å². The predicted octanol–water partition coefficient (Wildman–Crippen LogP) is 3.04.